The summed E-state index contributed by atoms with van der Waals surface area (Å²) in [4.78, 5) is 2.68. The topological polar surface area (TPSA) is 12.5 Å². The molecule has 2 aromatic rings. The van der Waals surface area contributed by atoms with Crippen LogP contribution in [0.2, 0.25) is 0 Å². The van der Waals surface area contributed by atoms with Crippen LogP contribution in [0.15, 0.2) is 48.5 Å². The van der Waals surface area contributed by atoms with E-state index in [0.717, 1.165) is 11.7 Å². The highest BCUT2D eigenvalue weighted by atomic mass is 16.5. The summed E-state index contributed by atoms with van der Waals surface area (Å²) in [5, 5.41) is 0. The van der Waals surface area contributed by atoms with Crippen molar-refractivity contribution in [2.45, 2.75) is 38.8 Å². The molecule has 0 radical (unpaired) electrons. The van der Waals surface area contributed by atoms with Crippen LogP contribution in [0.1, 0.15) is 48.9 Å². The van der Waals surface area contributed by atoms with Crippen LogP contribution in [-0.2, 0) is 6.61 Å². The number of benzene rings is 2. The van der Waals surface area contributed by atoms with Gasteiger partial charge in [0.2, 0.25) is 0 Å². The largest absolute Gasteiger partial charge is 0.489 e. The van der Waals surface area contributed by atoms with Crippen molar-refractivity contribution >= 4 is 0 Å². The molecule has 2 atom stereocenters. The first-order valence-corrected chi connectivity index (χ1v) is 8.86. The molecule has 1 fully saturated rings. The van der Waals surface area contributed by atoms with Gasteiger partial charge in [-0.25, -0.2) is 0 Å². The fourth-order valence-corrected chi connectivity index (χ4v) is 4.03. The number of hydrogen-bond donors (Lipinski definition) is 0. The lowest BCUT2D eigenvalue weighted by Gasteiger charge is -2.32. The van der Waals surface area contributed by atoms with Gasteiger partial charge in [0.15, 0.2) is 0 Å². The Morgan fingerprint density at radius 3 is 2.61 bits per heavy atom. The monoisotopic (exact) mass is 307 g/mol. The lowest BCUT2D eigenvalue weighted by atomic mass is 9.93. The maximum atomic E-state index is 6.12. The standard InChI is InChI=1S/C21H25NO/c1-16-7-6-13-22(14-12-16)21-18-9-3-2-8-17(18)15-23-20-11-5-4-10-19(20)21/h2-5,8-11,16,21H,6-7,12-15H2,1H3. The quantitative estimate of drug-likeness (QED) is 0.751. The average Bonchev–Trinajstić information content (AvgIpc) is 2.89. The summed E-state index contributed by atoms with van der Waals surface area (Å²) >= 11 is 0. The molecule has 0 aliphatic carbocycles. The lowest BCUT2D eigenvalue weighted by molar-refractivity contribution is 0.230. The number of rotatable bonds is 1. The van der Waals surface area contributed by atoms with Gasteiger partial charge in [0, 0.05) is 5.56 Å². The Labute approximate surface area is 139 Å². The maximum Gasteiger partial charge on any atom is 0.124 e. The highest BCUT2D eigenvalue weighted by molar-refractivity contribution is 5.46. The first-order chi connectivity index (χ1) is 11.3. The van der Waals surface area contributed by atoms with Crippen LogP contribution >= 0.6 is 0 Å². The molecule has 2 unspecified atom stereocenters. The summed E-state index contributed by atoms with van der Waals surface area (Å²) < 4.78 is 6.12. The minimum Gasteiger partial charge on any atom is -0.489 e. The van der Waals surface area contributed by atoms with Gasteiger partial charge in [-0.15, -0.1) is 0 Å². The molecule has 0 spiro atoms. The number of fused-ring (bicyclic) bond motifs is 2. The van der Waals surface area contributed by atoms with Crippen molar-refractivity contribution in [2.24, 2.45) is 5.92 Å². The highest BCUT2D eigenvalue weighted by Crippen LogP contribution is 2.40. The van der Waals surface area contributed by atoms with Crippen LogP contribution in [0.3, 0.4) is 0 Å². The summed E-state index contributed by atoms with van der Waals surface area (Å²) in [6, 6.07) is 17.7. The number of likely N-dealkylation sites (tertiary alicyclic amines) is 1. The molecule has 0 bridgehead atoms. The van der Waals surface area contributed by atoms with E-state index in [-0.39, 0.29) is 0 Å². The molecule has 0 saturated carbocycles. The summed E-state index contributed by atoms with van der Waals surface area (Å²) in [6.45, 7) is 5.42. The molecule has 2 aromatic carbocycles. The molecular formula is C21H25NO. The number of nitrogens with zero attached hydrogens (tertiary/aromatic N) is 1. The van der Waals surface area contributed by atoms with Gasteiger partial charge in [0.25, 0.3) is 0 Å². The second-order valence-electron chi connectivity index (χ2n) is 7.00. The van der Waals surface area contributed by atoms with Crippen LogP contribution in [0.5, 0.6) is 5.75 Å². The molecule has 0 N–H and O–H groups in total. The van der Waals surface area contributed by atoms with E-state index in [0.29, 0.717) is 12.6 Å². The van der Waals surface area contributed by atoms with Gasteiger partial charge >= 0.3 is 0 Å². The number of para-hydroxylation sites is 1. The van der Waals surface area contributed by atoms with E-state index in [1.165, 1.54) is 49.0 Å². The summed E-state index contributed by atoms with van der Waals surface area (Å²) in [6.07, 6.45) is 3.94. The Kier molecular flexibility index (Phi) is 4.09. The van der Waals surface area contributed by atoms with Gasteiger partial charge in [-0.3, -0.25) is 4.90 Å². The Morgan fingerprint density at radius 1 is 0.913 bits per heavy atom. The first kappa shape index (κ1) is 14.8. The predicted octanol–water partition coefficient (Wildman–Crippen LogP) is 4.79. The van der Waals surface area contributed by atoms with Crippen molar-refractivity contribution in [2.75, 3.05) is 13.1 Å². The Morgan fingerprint density at radius 2 is 1.70 bits per heavy atom. The lowest BCUT2D eigenvalue weighted by Crippen LogP contribution is -2.31. The van der Waals surface area contributed by atoms with E-state index in [4.69, 9.17) is 4.74 Å². The fraction of sp³-hybridized carbons (Fsp3) is 0.429. The minimum absolute atomic E-state index is 0.329. The smallest absolute Gasteiger partial charge is 0.124 e. The molecule has 2 nitrogen and oxygen atoms in total. The highest BCUT2D eigenvalue weighted by Gasteiger charge is 2.30. The number of ether oxygens (including phenoxy) is 1. The van der Waals surface area contributed by atoms with Crippen molar-refractivity contribution in [3.63, 3.8) is 0 Å². The third kappa shape index (κ3) is 2.88. The van der Waals surface area contributed by atoms with Gasteiger partial charge < -0.3 is 4.74 Å². The number of hydrogen-bond acceptors (Lipinski definition) is 2. The van der Waals surface area contributed by atoms with Gasteiger partial charge in [-0.2, -0.15) is 0 Å². The predicted molar refractivity (Wildman–Crippen MR) is 93.6 cm³/mol. The van der Waals surface area contributed by atoms with Crippen molar-refractivity contribution in [1.82, 2.24) is 4.90 Å². The van der Waals surface area contributed by atoms with Crippen molar-refractivity contribution in [3.8, 4) is 5.75 Å². The molecule has 2 heterocycles. The van der Waals surface area contributed by atoms with Gasteiger partial charge in [0.05, 0.1) is 6.04 Å². The van der Waals surface area contributed by atoms with E-state index >= 15 is 0 Å². The van der Waals surface area contributed by atoms with E-state index in [1.807, 2.05) is 0 Å². The molecular weight excluding hydrogens is 282 g/mol. The van der Waals surface area contributed by atoms with Gasteiger partial charge in [-0.1, -0.05) is 49.4 Å². The van der Waals surface area contributed by atoms with Crippen LogP contribution < -0.4 is 4.74 Å². The fourth-order valence-electron chi connectivity index (χ4n) is 4.03. The molecule has 2 aliphatic heterocycles. The molecule has 0 amide bonds. The van der Waals surface area contributed by atoms with E-state index in [9.17, 15) is 0 Å². The second kappa shape index (κ2) is 6.37. The molecule has 2 heteroatoms. The molecule has 23 heavy (non-hydrogen) atoms. The zero-order valence-corrected chi connectivity index (χ0v) is 13.9. The molecule has 120 valence electrons. The van der Waals surface area contributed by atoms with Crippen LogP contribution in [0, 0.1) is 5.92 Å². The SMILES string of the molecule is CC1CCCN(C2c3ccccc3COc3ccccc32)CC1. The van der Waals surface area contributed by atoms with Crippen LogP contribution in [0.4, 0.5) is 0 Å². The van der Waals surface area contributed by atoms with Crippen molar-refractivity contribution < 1.29 is 4.74 Å². The van der Waals surface area contributed by atoms with E-state index < -0.39 is 0 Å². The van der Waals surface area contributed by atoms with E-state index in [1.54, 1.807) is 0 Å². The third-order valence-electron chi connectivity index (χ3n) is 5.36. The molecule has 0 aromatic heterocycles. The Balaban J connectivity index is 1.80. The summed E-state index contributed by atoms with van der Waals surface area (Å²) in [7, 11) is 0. The summed E-state index contributed by atoms with van der Waals surface area (Å²) in [5.41, 5.74) is 4.07. The summed E-state index contributed by atoms with van der Waals surface area (Å²) in [5.74, 6) is 1.89. The average molecular weight is 307 g/mol. The van der Waals surface area contributed by atoms with Crippen LogP contribution in [-0.4, -0.2) is 18.0 Å². The van der Waals surface area contributed by atoms with Crippen LogP contribution in [0.25, 0.3) is 0 Å². The zero-order chi connectivity index (χ0) is 15.6. The van der Waals surface area contributed by atoms with Crippen molar-refractivity contribution in [1.29, 1.82) is 0 Å². The van der Waals surface area contributed by atoms with Gasteiger partial charge in [-0.05, 0) is 55.5 Å². The van der Waals surface area contributed by atoms with E-state index in [2.05, 4.69) is 60.4 Å². The molecule has 1 saturated heterocycles. The second-order valence-corrected chi connectivity index (χ2v) is 7.00. The van der Waals surface area contributed by atoms with Crippen molar-refractivity contribution in [3.05, 3.63) is 65.2 Å². The minimum atomic E-state index is 0.329. The Bertz CT molecular complexity index is 634. The molecule has 2 aliphatic rings. The third-order valence-corrected chi connectivity index (χ3v) is 5.36. The van der Waals surface area contributed by atoms with Gasteiger partial charge in [0.1, 0.15) is 12.4 Å². The Hall–Kier alpha value is -1.80. The normalized spacial score (nSPS) is 24.7. The maximum absolute atomic E-state index is 6.12. The first-order valence-electron chi connectivity index (χ1n) is 8.86. The molecule has 4 rings (SSSR count). The zero-order valence-electron chi connectivity index (χ0n) is 13.9.